The number of hydrogen-bond acceptors (Lipinski definition) is 3. The predicted molar refractivity (Wildman–Crippen MR) is 84.3 cm³/mol. The van der Waals surface area contributed by atoms with E-state index < -0.39 is 0 Å². The number of hydrogen-bond donors (Lipinski definition) is 1. The number of carbonyl (C=O) groups is 1. The number of nitrogens with one attached hydrogen (secondary N) is 1. The van der Waals surface area contributed by atoms with E-state index in [9.17, 15) is 4.79 Å². The van der Waals surface area contributed by atoms with E-state index in [0.29, 0.717) is 0 Å². The molecule has 0 saturated heterocycles. The van der Waals surface area contributed by atoms with Crippen molar-refractivity contribution in [3.8, 4) is 0 Å². The molecule has 4 nitrogen and oxygen atoms in total. The molecular formula is C17H26N2O2. The van der Waals surface area contributed by atoms with Crippen LogP contribution in [0.4, 0.5) is 4.79 Å². The number of carbonyl (C=O) groups excluding carboxylic acids is 1. The molecule has 1 aliphatic rings. The molecule has 0 aromatic heterocycles. The first kappa shape index (κ1) is 15.8. The van der Waals surface area contributed by atoms with Gasteiger partial charge in [-0.2, -0.15) is 0 Å². The van der Waals surface area contributed by atoms with E-state index in [1.165, 1.54) is 23.8 Å². The number of benzene rings is 1. The molecule has 0 radical (unpaired) electrons. The third-order valence-electron chi connectivity index (χ3n) is 4.12. The Morgan fingerprint density at radius 2 is 2.24 bits per heavy atom. The molecule has 21 heavy (non-hydrogen) atoms. The van der Waals surface area contributed by atoms with Gasteiger partial charge < -0.3 is 15.0 Å². The highest BCUT2D eigenvalue weighted by molar-refractivity contribution is 5.69. The van der Waals surface area contributed by atoms with Gasteiger partial charge in [0.15, 0.2) is 0 Å². The lowest BCUT2D eigenvalue weighted by atomic mass is 9.89. The summed E-state index contributed by atoms with van der Waals surface area (Å²) in [4.78, 5) is 13.8. The molecule has 0 saturated carbocycles. The number of methoxy groups -OCH3 is 1. The van der Waals surface area contributed by atoms with Crippen LogP contribution in [0.2, 0.25) is 0 Å². The SMILES string of the molecule is CCCC1c2ccc(CNCC)cc2CCN1C(=O)OC. The van der Waals surface area contributed by atoms with Gasteiger partial charge in [-0.05, 0) is 36.1 Å². The van der Waals surface area contributed by atoms with Crippen LogP contribution in [0, 0.1) is 0 Å². The van der Waals surface area contributed by atoms with Crippen molar-refractivity contribution in [1.29, 1.82) is 0 Å². The highest BCUT2D eigenvalue weighted by Crippen LogP contribution is 2.34. The molecule has 0 fully saturated rings. The highest BCUT2D eigenvalue weighted by Gasteiger charge is 2.30. The lowest BCUT2D eigenvalue weighted by Crippen LogP contribution is -2.40. The molecule has 4 heteroatoms. The zero-order chi connectivity index (χ0) is 15.2. The van der Waals surface area contributed by atoms with Crippen molar-refractivity contribution < 1.29 is 9.53 Å². The van der Waals surface area contributed by atoms with E-state index in [1.54, 1.807) is 0 Å². The molecule has 1 atom stereocenters. The number of nitrogens with zero attached hydrogens (tertiary/aromatic N) is 1. The zero-order valence-corrected chi connectivity index (χ0v) is 13.3. The van der Waals surface area contributed by atoms with Gasteiger partial charge in [-0.3, -0.25) is 0 Å². The molecule has 1 heterocycles. The Morgan fingerprint density at radius 1 is 1.43 bits per heavy atom. The van der Waals surface area contributed by atoms with Crippen molar-refractivity contribution >= 4 is 6.09 Å². The summed E-state index contributed by atoms with van der Waals surface area (Å²) in [5.74, 6) is 0. The summed E-state index contributed by atoms with van der Waals surface area (Å²) in [6, 6.07) is 6.80. The Balaban J connectivity index is 2.25. The summed E-state index contributed by atoms with van der Waals surface area (Å²) in [7, 11) is 1.46. The zero-order valence-electron chi connectivity index (χ0n) is 13.3. The van der Waals surface area contributed by atoms with Crippen LogP contribution in [-0.2, 0) is 17.7 Å². The van der Waals surface area contributed by atoms with Crippen molar-refractivity contribution in [2.45, 2.75) is 45.7 Å². The van der Waals surface area contributed by atoms with Gasteiger partial charge in [-0.15, -0.1) is 0 Å². The number of fused-ring (bicyclic) bond motifs is 1. The van der Waals surface area contributed by atoms with Gasteiger partial charge in [0.05, 0.1) is 13.2 Å². The minimum atomic E-state index is -0.212. The normalized spacial score (nSPS) is 17.5. The molecular weight excluding hydrogens is 264 g/mol. The van der Waals surface area contributed by atoms with Crippen LogP contribution in [0.25, 0.3) is 0 Å². The van der Waals surface area contributed by atoms with E-state index in [-0.39, 0.29) is 12.1 Å². The second kappa shape index (κ2) is 7.46. The van der Waals surface area contributed by atoms with E-state index in [2.05, 4.69) is 37.4 Å². The second-order valence-corrected chi connectivity index (χ2v) is 5.53. The van der Waals surface area contributed by atoms with Crippen LogP contribution >= 0.6 is 0 Å². The van der Waals surface area contributed by atoms with E-state index >= 15 is 0 Å². The number of rotatable bonds is 5. The van der Waals surface area contributed by atoms with Gasteiger partial charge in [-0.25, -0.2) is 4.79 Å². The maximum Gasteiger partial charge on any atom is 0.410 e. The molecule has 2 rings (SSSR count). The third-order valence-corrected chi connectivity index (χ3v) is 4.12. The quantitative estimate of drug-likeness (QED) is 0.905. The number of ether oxygens (including phenoxy) is 1. The Labute approximate surface area is 127 Å². The van der Waals surface area contributed by atoms with Gasteiger partial charge in [0.25, 0.3) is 0 Å². The molecule has 1 amide bonds. The lowest BCUT2D eigenvalue weighted by Gasteiger charge is -2.36. The predicted octanol–water partition coefficient (Wildman–Crippen LogP) is 3.26. The summed E-state index contributed by atoms with van der Waals surface area (Å²) < 4.78 is 4.94. The van der Waals surface area contributed by atoms with E-state index in [1.807, 2.05) is 4.90 Å². The lowest BCUT2D eigenvalue weighted by molar-refractivity contribution is 0.0981. The molecule has 116 valence electrons. The fourth-order valence-corrected chi connectivity index (χ4v) is 3.07. The molecule has 1 aromatic carbocycles. The van der Waals surface area contributed by atoms with Crippen LogP contribution < -0.4 is 5.32 Å². The molecule has 1 aliphatic heterocycles. The van der Waals surface area contributed by atoms with Gasteiger partial charge in [0.2, 0.25) is 0 Å². The molecule has 1 unspecified atom stereocenters. The van der Waals surface area contributed by atoms with Crippen LogP contribution in [0.3, 0.4) is 0 Å². The van der Waals surface area contributed by atoms with Crippen LogP contribution in [0.5, 0.6) is 0 Å². The van der Waals surface area contributed by atoms with Crippen molar-refractivity contribution in [1.82, 2.24) is 10.2 Å². The smallest absolute Gasteiger partial charge is 0.410 e. The summed E-state index contributed by atoms with van der Waals surface area (Å²) in [5.41, 5.74) is 3.98. The summed E-state index contributed by atoms with van der Waals surface area (Å²) >= 11 is 0. The van der Waals surface area contributed by atoms with Crippen LogP contribution in [0.1, 0.15) is 49.4 Å². The van der Waals surface area contributed by atoms with Crippen molar-refractivity contribution in [2.75, 3.05) is 20.2 Å². The molecule has 0 bridgehead atoms. The topological polar surface area (TPSA) is 41.6 Å². The highest BCUT2D eigenvalue weighted by atomic mass is 16.5. The van der Waals surface area contributed by atoms with E-state index in [0.717, 1.165) is 38.9 Å². The first-order valence-corrected chi connectivity index (χ1v) is 7.88. The average Bonchev–Trinajstić information content (AvgIpc) is 2.52. The van der Waals surface area contributed by atoms with Crippen LogP contribution in [0.15, 0.2) is 18.2 Å². The third kappa shape index (κ3) is 3.56. The Bertz CT molecular complexity index is 488. The van der Waals surface area contributed by atoms with Gasteiger partial charge >= 0.3 is 6.09 Å². The van der Waals surface area contributed by atoms with Crippen molar-refractivity contribution in [3.05, 3.63) is 34.9 Å². The molecule has 0 aliphatic carbocycles. The Hall–Kier alpha value is -1.55. The fourth-order valence-electron chi connectivity index (χ4n) is 3.07. The molecule has 1 aromatic rings. The minimum Gasteiger partial charge on any atom is -0.453 e. The molecule has 1 N–H and O–H groups in total. The first-order chi connectivity index (χ1) is 10.2. The van der Waals surface area contributed by atoms with Crippen LogP contribution in [-0.4, -0.2) is 31.2 Å². The Kier molecular flexibility index (Phi) is 5.62. The average molecular weight is 290 g/mol. The molecule has 0 spiro atoms. The van der Waals surface area contributed by atoms with Crippen molar-refractivity contribution in [2.24, 2.45) is 0 Å². The first-order valence-electron chi connectivity index (χ1n) is 7.88. The summed E-state index contributed by atoms with van der Waals surface area (Å²) in [6.07, 6.45) is 2.73. The van der Waals surface area contributed by atoms with Gasteiger partial charge in [-0.1, -0.05) is 38.5 Å². The summed E-state index contributed by atoms with van der Waals surface area (Å²) in [6.45, 7) is 6.90. The minimum absolute atomic E-state index is 0.152. The largest absolute Gasteiger partial charge is 0.453 e. The number of amides is 1. The maximum atomic E-state index is 12.0. The second-order valence-electron chi connectivity index (χ2n) is 5.53. The van der Waals surface area contributed by atoms with Gasteiger partial charge in [0, 0.05) is 13.1 Å². The summed E-state index contributed by atoms with van der Waals surface area (Å²) in [5, 5.41) is 3.36. The monoisotopic (exact) mass is 290 g/mol. The van der Waals surface area contributed by atoms with Crippen molar-refractivity contribution in [3.63, 3.8) is 0 Å². The fraction of sp³-hybridized carbons (Fsp3) is 0.588. The Morgan fingerprint density at radius 3 is 2.90 bits per heavy atom. The van der Waals surface area contributed by atoms with E-state index in [4.69, 9.17) is 4.74 Å². The van der Waals surface area contributed by atoms with Gasteiger partial charge in [0.1, 0.15) is 0 Å². The maximum absolute atomic E-state index is 12.0. The standard InChI is InChI=1S/C17H26N2O2/c1-4-6-16-15-8-7-13(12-18-5-2)11-14(15)9-10-19(16)17(20)21-3/h7-8,11,16,18H,4-6,9-10,12H2,1-3H3.